The van der Waals surface area contributed by atoms with Crippen LogP contribution in [0.1, 0.15) is 40.7 Å². The summed E-state index contributed by atoms with van der Waals surface area (Å²) in [7, 11) is 0. The fourth-order valence-electron chi connectivity index (χ4n) is 4.55. The lowest BCUT2D eigenvalue weighted by Gasteiger charge is -2.47. The van der Waals surface area contributed by atoms with E-state index >= 15 is 0 Å². The minimum absolute atomic E-state index is 0.0147. The molecule has 1 aliphatic carbocycles. The first-order valence-electron chi connectivity index (χ1n) is 8.64. The predicted octanol–water partition coefficient (Wildman–Crippen LogP) is 3.84. The van der Waals surface area contributed by atoms with Crippen LogP contribution in [0.5, 0.6) is 0 Å². The highest BCUT2D eigenvalue weighted by Crippen LogP contribution is 2.52. The van der Waals surface area contributed by atoms with Gasteiger partial charge in [0.15, 0.2) is 0 Å². The highest BCUT2D eigenvalue weighted by Gasteiger charge is 2.47. The van der Waals surface area contributed by atoms with E-state index in [0.29, 0.717) is 5.92 Å². The third-order valence-electron chi connectivity index (χ3n) is 5.70. The van der Waals surface area contributed by atoms with Crippen LogP contribution in [-0.4, -0.2) is 6.23 Å². The van der Waals surface area contributed by atoms with Crippen molar-refractivity contribution in [1.29, 1.82) is 5.26 Å². The van der Waals surface area contributed by atoms with Gasteiger partial charge in [0.25, 0.3) is 0 Å². The van der Waals surface area contributed by atoms with Gasteiger partial charge in [0.05, 0.1) is 18.1 Å². The zero-order valence-electron chi connectivity index (χ0n) is 13.9. The van der Waals surface area contributed by atoms with Crippen molar-refractivity contribution in [2.24, 2.45) is 17.6 Å². The van der Waals surface area contributed by atoms with Gasteiger partial charge >= 0.3 is 0 Å². The van der Waals surface area contributed by atoms with E-state index in [2.05, 4.69) is 55.5 Å². The van der Waals surface area contributed by atoms with E-state index in [0.717, 1.165) is 12.8 Å². The number of nitrogens with zero attached hydrogens (tertiary/aromatic N) is 1. The van der Waals surface area contributed by atoms with Gasteiger partial charge in [-0.05, 0) is 47.9 Å². The molecule has 1 fully saturated rings. The number of nitrogens with two attached hydrogens (primary N) is 1. The average Bonchev–Trinajstić information content (AvgIpc) is 2.61. The Morgan fingerprint density at radius 3 is 2.54 bits per heavy atom. The lowest BCUT2D eigenvalue weighted by Crippen LogP contribution is -2.48. The number of benzene rings is 2. The van der Waals surface area contributed by atoms with E-state index < -0.39 is 6.23 Å². The Balaban J connectivity index is 1.82. The van der Waals surface area contributed by atoms with Crippen LogP contribution in [0.15, 0.2) is 48.5 Å². The van der Waals surface area contributed by atoms with E-state index in [1.807, 2.05) is 6.07 Å². The van der Waals surface area contributed by atoms with E-state index in [1.165, 1.54) is 22.3 Å². The molecule has 0 saturated carbocycles. The molecule has 1 heterocycles. The van der Waals surface area contributed by atoms with Gasteiger partial charge in [-0.2, -0.15) is 5.26 Å². The van der Waals surface area contributed by atoms with Crippen molar-refractivity contribution in [3.8, 4) is 6.07 Å². The van der Waals surface area contributed by atoms with Crippen LogP contribution >= 0.6 is 0 Å². The first-order chi connectivity index (χ1) is 11.7. The SMILES string of the molecule is Cc1ccccc1C1C(C#N)C(N)OC2c3ccccc3CCC21. The van der Waals surface area contributed by atoms with Crippen molar-refractivity contribution in [2.75, 3.05) is 0 Å². The van der Waals surface area contributed by atoms with Crippen molar-refractivity contribution in [2.45, 2.75) is 38.0 Å². The lowest BCUT2D eigenvalue weighted by atomic mass is 9.65. The highest BCUT2D eigenvalue weighted by atomic mass is 16.5. The van der Waals surface area contributed by atoms with Gasteiger partial charge in [-0.15, -0.1) is 0 Å². The molecule has 2 aromatic carbocycles. The third-order valence-corrected chi connectivity index (χ3v) is 5.70. The Morgan fingerprint density at radius 1 is 1.08 bits per heavy atom. The van der Waals surface area contributed by atoms with Gasteiger partial charge in [-0.3, -0.25) is 0 Å². The molecule has 5 unspecified atom stereocenters. The van der Waals surface area contributed by atoms with Crippen LogP contribution in [0.4, 0.5) is 0 Å². The van der Waals surface area contributed by atoms with Gasteiger partial charge < -0.3 is 10.5 Å². The Bertz CT molecular complexity index is 794. The molecular formula is C21H22N2O. The second-order valence-electron chi connectivity index (χ2n) is 6.96. The van der Waals surface area contributed by atoms with E-state index in [9.17, 15) is 5.26 Å². The Hall–Kier alpha value is -2.15. The molecule has 5 atom stereocenters. The molecule has 4 rings (SSSR count). The monoisotopic (exact) mass is 318 g/mol. The van der Waals surface area contributed by atoms with Crippen LogP contribution in [0, 0.1) is 30.1 Å². The van der Waals surface area contributed by atoms with Crippen molar-refractivity contribution in [1.82, 2.24) is 0 Å². The average molecular weight is 318 g/mol. The first-order valence-corrected chi connectivity index (χ1v) is 8.64. The summed E-state index contributed by atoms with van der Waals surface area (Å²) in [5.74, 6) is 0.112. The summed E-state index contributed by atoms with van der Waals surface area (Å²) in [6.45, 7) is 2.12. The molecule has 0 aromatic heterocycles. The summed E-state index contributed by atoms with van der Waals surface area (Å²) >= 11 is 0. The molecule has 2 aliphatic rings. The molecule has 3 heteroatoms. The fraction of sp³-hybridized carbons (Fsp3) is 0.381. The maximum Gasteiger partial charge on any atom is 0.123 e. The van der Waals surface area contributed by atoms with Gasteiger partial charge in [-0.25, -0.2) is 0 Å². The molecule has 0 amide bonds. The molecule has 24 heavy (non-hydrogen) atoms. The summed E-state index contributed by atoms with van der Waals surface area (Å²) in [5.41, 5.74) is 11.4. The number of aryl methyl sites for hydroxylation is 2. The molecule has 1 aliphatic heterocycles. The molecule has 2 N–H and O–H groups in total. The summed E-state index contributed by atoms with van der Waals surface area (Å²) in [6.07, 6.45) is 1.51. The summed E-state index contributed by atoms with van der Waals surface area (Å²) in [6, 6.07) is 19.3. The van der Waals surface area contributed by atoms with Crippen LogP contribution < -0.4 is 5.73 Å². The minimum atomic E-state index is -0.549. The lowest BCUT2D eigenvalue weighted by molar-refractivity contribution is -0.119. The Kier molecular flexibility index (Phi) is 3.88. The zero-order valence-corrected chi connectivity index (χ0v) is 13.9. The standard InChI is InChI=1S/C21H22N2O/c1-13-6-2-4-8-15(13)19-17-11-10-14-7-3-5-9-16(14)20(17)24-21(23)18(19)12-22/h2-9,17-21H,10-11,23H2,1H3. The van der Waals surface area contributed by atoms with E-state index in [1.54, 1.807) is 0 Å². The van der Waals surface area contributed by atoms with Crippen LogP contribution in [0.3, 0.4) is 0 Å². The fourth-order valence-corrected chi connectivity index (χ4v) is 4.55. The Labute approximate surface area is 143 Å². The molecule has 1 saturated heterocycles. The second-order valence-corrected chi connectivity index (χ2v) is 6.96. The van der Waals surface area contributed by atoms with Gasteiger partial charge in [0.1, 0.15) is 6.23 Å². The Morgan fingerprint density at radius 2 is 1.79 bits per heavy atom. The molecule has 3 nitrogen and oxygen atoms in total. The minimum Gasteiger partial charge on any atom is -0.354 e. The molecule has 2 aromatic rings. The van der Waals surface area contributed by atoms with Gasteiger partial charge in [0, 0.05) is 5.92 Å². The molecule has 0 radical (unpaired) electrons. The number of fused-ring (bicyclic) bond motifs is 3. The molecular weight excluding hydrogens is 296 g/mol. The van der Waals surface area contributed by atoms with Crippen molar-refractivity contribution >= 4 is 0 Å². The largest absolute Gasteiger partial charge is 0.354 e. The van der Waals surface area contributed by atoms with E-state index in [4.69, 9.17) is 10.5 Å². The maximum absolute atomic E-state index is 9.76. The van der Waals surface area contributed by atoms with Gasteiger partial charge in [-0.1, -0.05) is 48.5 Å². The maximum atomic E-state index is 9.76. The highest BCUT2D eigenvalue weighted by molar-refractivity contribution is 5.38. The molecule has 122 valence electrons. The van der Waals surface area contributed by atoms with E-state index in [-0.39, 0.29) is 17.9 Å². The summed E-state index contributed by atoms with van der Waals surface area (Å²) in [5, 5.41) is 9.76. The molecule has 0 spiro atoms. The summed E-state index contributed by atoms with van der Waals surface area (Å²) < 4.78 is 6.17. The van der Waals surface area contributed by atoms with Crippen LogP contribution in [-0.2, 0) is 11.2 Å². The number of rotatable bonds is 1. The summed E-state index contributed by atoms with van der Waals surface area (Å²) in [4.78, 5) is 0. The topological polar surface area (TPSA) is 59.0 Å². The smallest absolute Gasteiger partial charge is 0.123 e. The third kappa shape index (κ3) is 2.34. The van der Waals surface area contributed by atoms with Crippen LogP contribution in [0.2, 0.25) is 0 Å². The number of hydrogen-bond donors (Lipinski definition) is 1. The van der Waals surface area contributed by atoms with Crippen molar-refractivity contribution in [3.05, 3.63) is 70.8 Å². The molecule has 0 bridgehead atoms. The number of nitriles is 1. The second kappa shape index (κ2) is 6.05. The number of ether oxygens (including phenoxy) is 1. The number of hydrogen-bond acceptors (Lipinski definition) is 3. The normalized spacial score (nSPS) is 31.6. The van der Waals surface area contributed by atoms with Gasteiger partial charge in [0.2, 0.25) is 0 Å². The quantitative estimate of drug-likeness (QED) is 0.869. The van der Waals surface area contributed by atoms with Crippen molar-refractivity contribution < 1.29 is 4.74 Å². The van der Waals surface area contributed by atoms with Crippen LogP contribution in [0.25, 0.3) is 0 Å². The van der Waals surface area contributed by atoms with Crippen molar-refractivity contribution in [3.63, 3.8) is 0 Å². The zero-order chi connectivity index (χ0) is 16.7. The predicted molar refractivity (Wildman–Crippen MR) is 93.1 cm³/mol. The first kappa shape index (κ1) is 15.4.